The van der Waals surface area contributed by atoms with Gasteiger partial charge < -0.3 is 10.1 Å². The van der Waals surface area contributed by atoms with Gasteiger partial charge in [0.1, 0.15) is 29.7 Å². The lowest BCUT2D eigenvalue weighted by atomic mass is 10.2. The molecule has 0 saturated carbocycles. The smallest absolute Gasteiger partial charge is 0.258 e. The number of carbonyl (C=O) groups is 1. The first-order chi connectivity index (χ1) is 18.7. The molecule has 10 nitrogen and oxygen atoms in total. The standard InChI is InChI=1S/C25H21ClF2N4O6S2/c1-39(34,35)22-6-15(5-19(28)9-22)14-38-24-10-18(27)3-4-23(24)32-13-16(12-29-32)25(33)30-20-7-17(26)8-21(11-20)31-40(2,36)37/h3-13,31H,14H2,1-2H3,(H,30,33). The molecule has 0 radical (unpaired) electrons. The van der Waals surface area contributed by atoms with Crippen molar-refractivity contribution in [3.8, 4) is 11.4 Å². The van der Waals surface area contributed by atoms with Gasteiger partial charge in [-0.05, 0) is 54.1 Å². The first-order valence-corrected chi connectivity index (χ1v) is 15.4. The summed E-state index contributed by atoms with van der Waals surface area (Å²) in [5.74, 6) is -2.02. The van der Waals surface area contributed by atoms with Crippen LogP contribution in [0.5, 0.6) is 5.75 Å². The van der Waals surface area contributed by atoms with Crippen molar-refractivity contribution in [3.05, 3.63) is 94.8 Å². The molecule has 0 unspecified atom stereocenters. The van der Waals surface area contributed by atoms with E-state index in [2.05, 4.69) is 15.1 Å². The van der Waals surface area contributed by atoms with Gasteiger partial charge in [-0.2, -0.15) is 5.10 Å². The number of benzene rings is 3. The summed E-state index contributed by atoms with van der Waals surface area (Å²) in [6, 6.07) is 11.0. The summed E-state index contributed by atoms with van der Waals surface area (Å²) in [6.45, 7) is -0.288. The number of rotatable bonds is 9. The minimum Gasteiger partial charge on any atom is -0.487 e. The molecule has 1 aromatic heterocycles. The number of ether oxygens (including phenoxy) is 1. The summed E-state index contributed by atoms with van der Waals surface area (Å²) in [5.41, 5.74) is 0.891. The summed E-state index contributed by atoms with van der Waals surface area (Å²) in [4.78, 5) is 12.6. The average molecular weight is 611 g/mol. The normalized spacial score (nSPS) is 11.7. The summed E-state index contributed by atoms with van der Waals surface area (Å²) in [5, 5.41) is 6.91. The van der Waals surface area contributed by atoms with Crippen LogP contribution in [0.25, 0.3) is 5.69 Å². The van der Waals surface area contributed by atoms with Crippen LogP contribution in [0.4, 0.5) is 20.2 Å². The number of amides is 1. The van der Waals surface area contributed by atoms with Gasteiger partial charge in [-0.25, -0.2) is 30.3 Å². The molecule has 1 amide bonds. The third-order valence-corrected chi connectivity index (χ3v) is 7.14. The first-order valence-electron chi connectivity index (χ1n) is 11.2. The van der Waals surface area contributed by atoms with Crippen molar-refractivity contribution in [1.82, 2.24) is 9.78 Å². The number of hydrogen-bond acceptors (Lipinski definition) is 7. The number of sulfonamides is 1. The van der Waals surface area contributed by atoms with E-state index in [9.17, 15) is 30.4 Å². The van der Waals surface area contributed by atoms with E-state index in [0.29, 0.717) is 0 Å². The van der Waals surface area contributed by atoms with Crippen LogP contribution in [-0.4, -0.2) is 45.0 Å². The number of carbonyl (C=O) groups excluding carboxylic acids is 1. The molecule has 0 aliphatic heterocycles. The zero-order valence-electron chi connectivity index (χ0n) is 20.9. The Kier molecular flexibility index (Phi) is 8.14. The van der Waals surface area contributed by atoms with E-state index in [0.717, 1.165) is 36.8 Å². The monoisotopic (exact) mass is 610 g/mol. The first kappa shape index (κ1) is 29.0. The third kappa shape index (κ3) is 7.55. The molecular formula is C25H21ClF2N4O6S2. The van der Waals surface area contributed by atoms with Crippen molar-refractivity contribution in [2.24, 2.45) is 0 Å². The molecule has 0 spiro atoms. The largest absolute Gasteiger partial charge is 0.487 e. The topological polar surface area (TPSA) is 136 Å². The maximum atomic E-state index is 14.1. The van der Waals surface area contributed by atoms with E-state index in [1.165, 1.54) is 47.4 Å². The molecule has 0 bridgehead atoms. The van der Waals surface area contributed by atoms with E-state index in [-0.39, 0.29) is 50.5 Å². The maximum absolute atomic E-state index is 14.1. The van der Waals surface area contributed by atoms with Crippen LogP contribution in [0.1, 0.15) is 15.9 Å². The van der Waals surface area contributed by atoms with Crippen molar-refractivity contribution in [1.29, 1.82) is 0 Å². The number of nitrogens with zero attached hydrogens (tertiary/aromatic N) is 2. The van der Waals surface area contributed by atoms with Crippen LogP contribution in [-0.2, 0) is 26.5 Å². The predicted molar refractivity (Wildman–Crippen MR) is 145 cm³/mol. The van der Waals surface area contributed by atoms with Crippen molar-refractivity contribution in [3.63, 3.8) is 0 Å². The van der Waals surface area contributed by atoms with Crippen LogP contribution in [0.3, 0.4) is 0 Å². The second-order valence-electron chi connectivity index (χ2n) is 8.70. The minimum atomic E-state index is -3.67. The van der Waals surface area contributed by atoms with Crippen LogP contribution < -0.4 is 14.8 Å². The fourth-order valence-electron chi connectivity index (χ4n) is 3.58. The van der Waals surface area contributed by atoms with E-state index in [1.54, 1.807) is 0 Å². The summed E-state index contributed by atoms with van der Waals surface area (Å²) in [6.07, 6.45) is 4.51. The Bertz CT molecular complexity index is 1830. The second kappa shape index (κ2) is 11.2. The Morgan fingerprint density at radius 1 is 0.975 bits per heavy atom. The molecule has 0 atom stereocenters. The van der Waals surface area contributed by atoms with Gasteiger partial charge in [0.15, 0.2) is 9.84 Å². The third-order valence-electron chi connectivity index (χ3n) is 5.23. The molecule has 4 aromatic rings. The Labute approximate surface area is 233 Å². The van der Waals surface area contributed by atoms with Gasteiger partial charge in [0.25, 0.3) is 5.91 Å². The number of aromatic nitrogens is 2. The molecule has 40 heavy (non-hydrogen) atoms. The SMILES string of the molecule is CS(=O)(=O)Nc1cc(Cl)cc(NC(=O)c2cnn(-c3ccc(F)cc3OCc3cc(F)cc(S(C)(=O)=O)c3)c2)c1. The van der Waals surface area contributed by atoms with Gasteiger partial charge in [0.2, 0.25) is 10.0 Å². The van der Waals surface area contributed by atoms with E-state index in [1.807, 2.05) is 0 Å². The quantitative estimate of drug-likeness (QED) is 0.286. The number of nitrogens with one attached hydrogen (secondary N) is 2. The van der Waals surface area contributed by atoms with Crippen LogP contribution in [0.15, 0.2) is 71.9 Å². The molecule has 15 heteroatoms. The van der Waals surface area contributed by atoms with Gasteiger partial charge in [-0.1, -0.05) is 11.6 Å². The van der Waals surface area contributed by atoms with Crippen LogP contribution in [0, 0.1) is 11.6 Å². The molecule has 3 aromatic carbocycles. The van der Waals surface area contributed by atoms with Crippen LogP contribution >= 0.6 is 11.6 Å². The highest BCUT2D eigenvalue weighted by Crippen LogP contribution is 2.27. The Morgan fingerprint density at radius 3 is 2.40 bits per heavy atom. The molecule has 0 saturated heterocycles. The van der Waals surface area contributed by atoms with Gasteiger partial charge >= 0.3 is 0 Å². The lowest BCUT2D eigenvalue weighted by Gasteiger charge is -2.12. The maximum Gasteiger partial charge on any atom is 0.258 e. The molecule has 0 aliphatic carbocycles. The fourth-order valence-corrected chi connectivity index (χ4v) is 5.06. The summed E-state index contributed by atoms with van der Waals surface area (Å²) in [7, 11) is -7.25. The molecule has 210 valence electrons. The molecule has 1 heterocycles. The van der Waals surface area contributed by atoms with Gasteiger partial charge in [-0.3, -0.25) is 9.52 Å². The lowest BCUT2D eigenvalue weighted by Crippen LogP contribution is -2.13. The summed E-state index contributed by atoms with van der Waals surface area (Å²) < 4.78 is 83.9. The predicted octanol–water partition coefficient (Wildman–Crippen LogP) is 4.41. The highest BCUT2D eigenvalue weighted by molar-refractivity contribution is 7.92. The molecule has 0 fully saturated rings. The number of anilines is 2. The zero-order chi connectivity index (χ0) is 29.2. The fraction of sp³-hybridized carbons (Fsp3) is 0.120. The molecular weight excluding hydrogens is 590 g/mol. The van der Waals surface area contributed by atoms with Crippen molar-refractivity contribution >= 4 is 48.7 Å². The van der Waals surface area contributed by atoms with E-state index in [4.69, 9.17) is 16.3 Å². The number of halogens is 3. The van der Waals surface area contributed by atoms with Crippen molar-refractivity contribution < 1.29 is 35.1 Å². The Morgan fingerprint density at radius 2 is 1.70 bits per heavy atom. The van der Waals surface area contributed by atoms with E-state index < -0.39 is 37.4 Å². The average Bonchev–Trinajstić information content (AvgIpc) is 3.31. The lowest BCUT2D eigenvalue weighted by molar-refractivity contribution is 0.102. The molecule has 4 rings (SSSR count). The Balaban J connectivity index is 1.55. The zero-order valence-corrected chi connectivity index (χ0v) is 23.2. The van der Waals surface area contributed by atoms with Crippen molar-refractivity contribution in [2.45, 2.75) is 11.5 Å². The Hall–Kier alpha value is -4.01. The van der Waals surface area contributed by atoms with Crippen LogP contribution in [0.2, 0.25) is 5.02 Å². The van der Waals surface area contributed by atoms with Gasteiger partial charge in [-0.15, -0.1) is 0 Å². The minimum absolute atomic E-state index is 0.00782. The summed E-state index contributed by atoms with van der Waals surface area (Å²) >= 11 is 6.04. The number of sulfone groups is 1. The molecule has 2 N–H and O–H groups in total. The second-order valence-corrected chi connectivity index (χ2v) is 12.9. The highest BCUT2D eigenvalue weighted by atomic mass is 35.5. The van der Waals surface area contributed by atoms with E-state index >= 15 is 0 Å². The molecule has 0 aliphatic rings. The van der Waals surface area contributed by atoms with Gasteiger partial charge in [0, 0.05) is 29.2 Å². The highest BCUT2D eigenvalue weighted by Gasteiger charge is 2.16. The number of hydrogen-bond donors (Lipinski definition) is 2. The van der Waals surface area contributed by atoms with Crippen molar-refractivity contribution in [2.75, 3.05) is 22.6 Å². The van der Waals surface area contributed by atoms with Gasteiger partial charge in [0.05, 0.1) is 28.6 Å².